The number of carboxylic acids is 1. The molecule has 0 amide bonds. The molecule has 20 heavy (non-hydrogen) atoms. The van der Waals surface area contributed by atoms with Gasteiger partial charge in [0.25, 0.3) is 0 Å². The molecular weight excluding hydrogens is 256 g/mol. The highest BCUT2D eigenvalue weighted by molar-refractivity contribution is 5.73. The Kier molecular flexibility index (Phi) is 5.31. The fourth-order valence-corrected chi connectivity index (χ4v) is 1.78. The van der Waals surface area contributed by atoms with Crippen molar-refractivity contribution in [3.8, 4) is 0 Å². The van der Waals surface area contributed by atoms with Crippen molar-refractivity contribution in [3.05, 3.63) is 35.4 Å². The van der Waals surface area contributed by atoms with E-state index in [1.165, 1.54) is 0 Å². The molecule has 1 aromatic carbocycles. The molecule has 0 spiro atoms. The molecule has 0 aliphatic heterocycles. The van der Waals surface area contributed by atoms with Crippen molar-refractivity contribution in [2.75, 3.05) is 0 Å². The molecule has 1 rings (SSSR count). The van der Waals surface area contributed by atoms with E-state index >= 15 is 0 Å². The number of carbonyl (C=O) groups excluding carboxylic acids is 1. The maximum absolute atomic E-state index is 11.7. The Morgan fingerprint density at radius 1 is 1.15 bits per heavy atom. The van der Waals surface area contributed by atoms with Crippen molar-refractivity contribution in [2.45, 2.75) is 46.1 Å². The van der Waals surface area contributed by atoms with Gasteiger partial charge < -0.3 is 9.84 Å². The topological polar surface area (TPSA) is 63.6 Å². The zero-order chi connectivity index (χ0) is 15.3. The second-order valence-electron chi connectivity index (χ2n) is 6.02. The lowest BCUT2D eigenvalue weighted by atomic mass is 10.00. The van der Waals surface area contributed by atoms with Gasteiger partial charge in [0.05, 0.1) is 12.3 Å². The number of ether oxygens (including phenoxy) is 1. The second kappa shape index (κ2) is 6.55. The summed E-state index contributed by atoms with van der Waals surface area (Å²) in [7, 11) is 0. The molecule has 4 nitrogen and oxygen atoms in total. The molecule has 110 valence electrons. The minimum absolute atomic E-state index is 0.228. The lowest BCUT2D eigenvalue weighted by molar-refractivity contribution is -0.154. The summed E-state index contributed by atoms with van der Waals surface area (Å²) in [4.78, 5) is 22.5. The number of esters is 1. The number of hydrogen-bond acceptors (Lipinski definition) is 3. The SMILES string of the molecule is CC(Cc1ccc(CC(=O)OC(C)(C)C)cc1)C(=O)O. The molecule has 0 heterocycles. The Hall–Kier alpha value is -1.84. The zero-order valence-corrected chi connectivity index (χ0v) is 12.5. The van der Waals surface area contributed by atoms with E-state index in [1.807, 2.05) is 45.0 Å². The molecule has 1 N–H and O–H groups in total. The van der Waals surface area contributed by atoms with Crippen LogP contribution in [0.25, 0.3) is 0 Å². The van der Waals surface area contributed by atoms with Gasteiger partial charge in [-0.25, -0.2) is 0 Å². The number of carbonyl (C=O) groups is 2. The molecule has 0 aliphatic carbocycles. The monoisotopic (exact) mass is 278 g/mol. The summed E-state index contributed by atoms with van der Waals surface area (Å²) in [5.41, 5.74) is 1.34. The minimum Gasteiger partial charge on any atom is -0.481 e. The first-order chi connectivity index (χ1) is 9.17. The van der Waals surface area contributed by atoms with Crippen molar-refractivity contribution in [1.29, 1.82) is 0 Å². The van der Waals surface area contributed by atoms with E-state index in [0.717, 1.165) is 11.1 Å². The number of rotatable bonds is 5. The van der Waals surface area contributed by atoms with E-state index in [0.29, 0.717) is 6.42 Å². The average molecular weight is 278 g/mol. The summed E-state index contributed by atoms with van der Waals surface area (Å²) in [5.74, 6) is -1.47. The fraction of sp³-hybridized carbons (Fsp3) is 0.500. The van der Waals surface area contributed by atoms with Crippen LogP contribution in [0.2, 0.25) is 0 Å². The third-order valence-corrected chi connectivity index (χ3v) is 2.75. The molecule has 0 radical (unpaired) electrons. The smallest absolute Gasteiger partial charge is 0.310 e. The van der Waals surface area contributed by atoms with E-state index < -0.39 is 17.5 Å². The van der Waals surface area contributed by atoms with Crippen molar-refractivity contribution in [2.24, 2.45) is 5.92 Å². The molecule has 0 fully saturated rings. The van der Waals surface area contributed by atoms with Crippen molar-refractivity contribution in [1.82, 2.24) is 0 Å². The summed E-state index contributed by atoms with van der Waals surface area (Å²) in [6.07, 6.45) is 0.716. The van der Waals surface area contributed by atoms with Gasteiger partial charge in [-0.2, -0.15) is 0 Å². The van der Waals surface area contributed by atoms with Crippen molar-refractivity contribution in [3.63, 3.8) is 0 Å². The number of aliphatic carboxylic acids is 1. The first kappa shape index (κ1) is 16.2. The van der Waals surface area contributed by atoms with Crippen LogP contribution in [0.15, 0.2) is 24.3 Å². The quantitative estimate of drug-likeness (QED) is 0.841. The first-order valence-corrected chi connectivity index (χ1v) is 6.70. The second-order valence-corrected chi connectivity index (χ2v) is 6.02. The van der Waals surface area contributed by atoms with E-state index in [4.69, 9.17) is 9.84 Å². The Labute approximate surface area is 119 Å². The van der Waals surface area contributed by atoms with Crippen LogP contribution in [0.1, 0.15) is 38.8 Å². The maximum atomic E-state index is 11.7. The molecule has 0 saturated heterocycles. The Morgan fingerprint density at radius 2 is 1.65 bits per heavy atom. The van der Waals surface area contributed by atoms with Gasteiger partial charge in [-0.3, -0.25) is 9.59 Å². The Balaban J connectivity index is 2.59. The van der Waals surface area contributed by atoms with E-state index in [-0.39, 0.29) is 12.4 Å². The van der Waals surface area contributed by atoms with E-state index in [1.54, 1.807) is 6.92 Å². The van der Waals surface area contributed by atoms with Gasteiger partial charge in [0.1, 0.15) is 5.60 Å². The highest BCUT2D eigenvalue weighted by Crippen LogP contribution is 2.13. The Bertz CT molecular complexity index is 468. The van der Waals surface area contributed by atoms with Gasteiger partial charge in [-0.05, 0) is 38.3 Å². The molecule has 4 heteroatoms. The summed E-state index contributed by atoms with van der Waals surface area (Å²) in [6, 6.07) is 7.40. The zero-order valence-electron chi connectivity index (χ0n) is 12.5. The molecule has 1 atom stereocenters. The summed E-state index contributed by atoms with van der Waals surface area (Å²) >= 11 is 0. The lowest BCUT2D eigenvalue weighted by Crippen LogP contribution is -2.24. The summed E-state index contributed by atoms with van der Waals surface area (Å²) in [6.45, 7) is 7.18. The van der Waals surface area contributed by atoms with Gasteiger partial charge in [-0.1, -0.05) is 31.2 Å². The third-order valence-electron chi connectivity index (χ3n) is 2.75. The molecule has 0 aliphatic rings. The van der Waals surface area contributed by atoms with Crippen LogP contribution in [0, 0.1) is 5.92 Å². The highest BCUT2D eigenvalue weighted by atomic mass is 16.6. The lowest BCUT2D eigenvalue weighted by Gasteiger charge is -2.19. The molecule has 0 saturated carbocycles. The highest BCUT2D eigenvalue weighted by Gasteiger charge is 2.16. The van der Waals surface area contributed by atoms with Gasteiger partial charge >= 0.3 is 11.9 Å². The molecular formula is C16H22O4. The van der Waals surface area contributed by atoms with Gasteiger partial charge in [0, 0.05) is 0 Å². The van der Waals surface area contributed by atoms with Crippen molar-refractivity contribution >= 4 is 11.9 Å². The van der Waals surface area contributed by atoms with Crippen LogP contribution in [-0.2, 0) is 27.2 Å². The van der Waals surface area contributed by atoms with Crippen LogP contribution in [0.5, 0.6) is 0 Å². The predicted molar refractivity (Wildman–Crippen MR) is 76.5 cm³/mol. The van der Waals surface area contributed by atoms with Gasteiger partial charge in [0.15, 0.2) is 0 Å². The molecule has 1 aromatic rings. The first-order valence-electron chi connectivity index (χ1n) is 6.70. The van der Waals surface area contributed by atoms with E-state index in [2.05, 4.69) is 0 Å². The average Bonchev–Trinajstić information content (AvgIpc) is 2.28. The third kappa shape index (κ3) is 5.87. The van der Waals surface area contributed by atoms with Crippen molar-refractivity contribution < 1.29 is 19.4 Å². The standard InChI is InChI=1S/C16H22O4/c1-11(15(18)19)9-12-5-7-13(8-6-12)10-14(17)20-16(2,3)4/h5-8,11H,9-10H2,1-4H3,(H,18,19). The summed E-state index contributed by atoms with van der Waals surface area (Å²) in [5, 5.41) is 8.86. The normalized spacial score (nSPS) is 12.8. The number of benzene rings is 1. The molecule has 1 unspecified atom stereocenters. The maximum Gasteiger partial charge on any atom is 0.310 e. The molecule has 0 aromatic heterocycles. The largest absolute Gasteiger partial charge is 0.481 e. The predicted octanol–water partition coefficient (Wildman–Crippen LogP) is 2.83. The Morgan fingerprint density at radius 3 is 2.10 bits per heavy atom. The summed E-state index contributed by atoms with van der Waals surface area (Å²) < 4.78 is 5.25. The number of hydrogen-bond donors (Lipinski definition) is 1. The van der Waals surface area contributed by atoms with Crippen LogP contribution in [0.4, 0.5) is 0 Å². The van der Waals surface area contributed by atoms with Crippen LogP contribution < -0.4 is 0 Å². The minimum atomic E-state index is -0.803. The van der Waals surface area contributed by atoms with E-state index in [9.17, 15) is 9.59 Å². The van der Waals surface area contributed by atoms with Crippen LogP contribution in [0.3, 0.4) is 0 Å². The van der Waals surface area contributed by atoms with Crippen LogP contribution in [-0.4, -0.2) is 22.6 Å². The number of carboxylic acid groups (broad SMARTS) is 1. The fourth-order valence-electron chi connectivity index (χ4n) is 1.78. The van der Waals surface area contributed by atoms with Gasteiger partial charge in [0.2, 0.25) is 0 Å². The van der Waals surface area contributed by atoms with Crippen LogP contribution >= 0.6 is 0 Å². The van der Waals surface area contributed by atoms with Gasteiger partial charge in [-0.15, -0.1) is 0 Å². The molecule has 0 bridgehead atoms.